The van der Waals surface area contributed by atoms with Crippen LogP contribution in [0.25, 0.3) is 17.1 Å². The molecule has 0 aliphatic rings. The molecule has 0 saturated heterocycles. The lowest BCUT2D eigenvalue weighted by Crippen LogP contribution is -2.01. The highest BCUT2D eigenvalue weighted by Gasteiger charge is 2.19. The molecule has 0 aliphatic heterocycles. The minimum absolute atomic E-state index is 0.491. The fraction of sp³-hybridized carbons (Fsp3) is 0.238. The summed E-state index contributed by atoms with van der Waals surface area (Å²) < 4.78 is 12.8. The number of benzene rings is 2. The largest absolute Gasteiger partial charge is 0.494 e. The zero-order valence-corrected chi connectivity index (χ0v) is 18.2. The Morgan fingerprint density at radius 3 is 2.57 bits per heavy atom. The van der Waals surface area contributed by atoms with Crippen LogP contribution in [0.5, 0.6) is 5.75 Å². The summed E-state index contributed by atoms with van der Waals surface area (Å²) in [4.78, 5) is 4.36. The number of aromatic nitrogens is 5. The molecule has 0 aliphatic carbocycles. The summed E-state index contributed by atoms with van der Waals surface area (Å²) in [5, 5.41) is 14.1. The smallest absolute Gasteiger partial charge is 0.237 e. The Hall–Kier alpha value is -2.84. The summed E-state index contributed by atoms with van der Waals surface area (Å²) >= 11 is 7.92. The molecule has 154 valence electrons. The van der Waals surface area contributed by atoms with Gasteiger partial charge in [-0.1, -0.05) is 47.6 Å². The molecule has 0 unspecified atom stereocenters. The average molecular weight is 442 g/mol. The van der Waals surface area contributed by atoms with Gasteiger partial charge in [0.1, 0.15) is 5.75 Å². The van der Waals surface area contributed by atoms with Crippen molar-refractivity contribution in [2.45, 2.75) is 31.2 Å². The summed E-state index contributed by atoms with van der Waals surface area (Å²) in [6.07, 6.45) is 0.729. The van der Waals surface area contributed by atoms with Gasteiger partial charge in [0.25, 0.3) is 0 Å². The van der Waals surface area contributed by atoms with Crippen LogP contribution in [0.15, 0.2) is 58.2 Å². The lowest BCUT2D eigenvalue weighted by Gasteiger charge is -2.12. The summed E-state index contributed by atoms with van der Waals surface area (Å²) in [7, 11) is 0. The summed E-state index contributed by atoms with van der Waals surface area (Å²) in [6, 6.07) is 15.4. The van der Waals surface area contributed by atoms with Gasteiger partial charge >= 0.3 is 0 Å². The highest BCUT2D eigenvalue weighted by molar-refractivity contribution is 7.98. The van der Waals surface area contributed by atoms with Crippen LogP contribution in [0.2, 0.25) is 5.02 Å². The number of nitrogens with zero attached hydrogens (tertiary/aromatic N) is 5. The van der Waals surface area contributed by atoms with Crippen LogP contribution in [0.3, 0.4) is 0 Å². The SMILES string of the molecule is CCOc1ccc(-n2c(SCc3nc(CC)no3)nnc2-c2ccccc2Cl)cc1. The Balaban J connectivity index is 1.71. The van der Waals surface area contributed by atoms with Gasteiger partial charge in [0.05, 0.1) is 17.4 Å². The molecule has 2 aromatic carbocycles. The lowest BCUT2D eigenvalue weighted by atomic mass is 10.2. The second-order valence-corrected chi connectivity index (χ2v) is 7.64. The van der Waals surface area contributed by atoms with Crippen molar-refractivity contribution in [1.82, 2.24) is 24.9 Å². The van der Waals surface area contributed by atoms with Crippen molar-refractivity contribution in [2.24, 2.45) is 0 Å². The van der Waals surface area contributed by atoms with E-state index in [1.54, 1.807) is 0 Å². The maximum Gasteiger partial charge on any atom is 0.237 e. The molecule has 0 fully saturated rings. The molecular weight excluding hydrogens is 422 g/mol. The Morgan fingerprint density at radius 2 is 1.87 bits per heavy atom. The first-order valence-electron chi connectivity index (χ1n) is 9.57. The molecular formula is C21H20ClN5O2S. The number of hydrogen-bond acceptors (Lipinski definition) is 7. The summed E-state index contributed by atoms with van der Waals surface area (Å²) in [5.74, 6) is 3.20. The number of hydrogen-bond donors (Lipinski definition) is 0. The average Bonchev–Trinajstić information content (AvgIpc) is 3.40. The minimum Gasteiger partial charge on any atom is -0.494 e. The van der Waals surface area contributed by atoms with Gasteiger partial charge < -0.3 is 9.26 Å². The van der Waals surface area contributed by atoms with Crippen molar-refractivity contribution >= 4 is 23.4 Å². The third kappa shape index (κ3) is 4.34. The molecule has 0 radical (unpaired) electrons. The molecule has 30 heavy (non-hydrogen) atoms. The maximum atomic E-state index is 6.44. The van der Waals surface area contributed by atoms with Gasteiger partial charge in [-0.2, -0.15) is 4.98 Å². The highest BCUT2D eigenvalue weighted by Crippen LogP contribution is 2.33. The van der Waals surface area contributed by atoms with E-state index in [4.69, 9.17) is 20.9 Å². The summed E-state index contributed by atoms with van der Waals surface area (Å²) in [5.41, 5.74) is 1.71. The molecule has 4 rings (SSSR count). The van der Waals surface area contributed by atoms with Crippen molar-refractivity contribution in [3.05, 3.63) is 65.3 Å². The van der Waals surface area contributed by atoms with E-state index in [9.17, 15) is 0 Å². The van der Waals surface area contributed by atoms with E-state index in [0.717, 1.165) is 23.4 Å². The van der Waals surface area contributed by atoms with Crippen LogP contribution >= 0.6 is 23.4 Å². The summed E-state index contributed by atoms with van der Waals surface area (Å²) in [6.45, 7) is 4.56. The predicted octanol–water partition coefficient (Wildman–Crippen LogP) is 5.22. The van der Waals surface area contributed by atoms with Gasteiger partial charge in [-0.25, -0.2) is 0 Å². The standard InChI is InChI=1S/C21H20ClN5O2S/c1-3-18-23-19(29-26-18)13-30-21-25-24-20(16-7-5-6-8-17(16)22)27(21)14-9-11-15(12-10-14)28-4-2/h5-12H,3-4,13H2,1-2H3. The Labute approximate surface area is 183 Å². The Bertz CT molecular complexity index is 1130. The van der Waals surface area contributed by atoms with Crippen molar-refractivity contribution in [3.63, 3.8) is 0 Å². The first-order chi connectivity index (χ1) is 14.7. The predicted molar refractivity (Wildman–Crippen MR) is 116 cm³/mol. The van der Waals surface area contributed by atoms with Gasteiger partial charge in [-0.3, -0.25) is 4.57 Å². The van der Waals surface area contributed by atoms with Gasteiger partial charge in [0, 0.05) is 17.7 Å². The lowest BCUT2D eigenvalue weighted by molar-refractivity contribution is 0.340. The zero-order chi connectivity index (χ0) is 20.9. The number of rotatable bonds is 8. The Kier molecular flexibility index (Phi) is 6.35. The van der Waals surface area contributed by atoms with Crippen molar-refractivity contribution in [1.29, 1.82) is 0 Å². The van der Waals surface area contributed by atoms with Gasteiger partial charge in [-0.05, 0) is 43.3 Å². The zero-order valence-electron chi connectivity index (χ0n) is 16.6. The number of ether oxygens (including phenoxy) is 1. The first-order valence-corrected chi connectivity index (χ1v) is 10.9. The van der Waals surface area contributed by atoms with E-state index >= 15 is 0 Å². The molecule has 4 aromatic rings. The number of thioether (sulfide) groups is 1. The molecule has 2 aromatic heterocycles. The molecule has 0 saturated carbocycles. The molecule has 9 heteroatoms. The van der Waals surface area contributed by atoms with Crippen molar-refractivity contribution < 1.29 is 9.26 Å². The van der Waals surface area contributed by atoms with Crippen LogP contribution in [0.1, 0.15) is 25.6 Å². The maximum absolute atomic E-state index is 6.44. The van der Waals surface area contributed by atoms with E-state index in [0.29, 0.717) is 40.1 Å². The molecule has 0 atom stereocenters. The second kappa shape index (κ2) is 9.32. The van der Waals surface area contributed by atoms with Crippen LogP contribution in [-0.4, -0.2) is 31.5 Å². The molecule has 0 N–H and O–H groups in total. The number of aryl methyl sites for hydroxylation is 1. The second-order valence-electron chi connectivity index (χ2n) is 6.29. The van der Waals surface area contributed by atoms with Crippen molar-refractivity contribution in [3.8, 4) is 22.8 Å². The van der Waals surface area contributed by atoms with Crippen LogP contribution < -0.4 is 4.74 Å². The fourth-order valence-corrected chi connectivity index (χ4v) is 3.90. The molecule has 0 bridgehead atoms. The minimum atomic E-state index is 0.491. The third-order valence-corrected chi connectivity index (χ3v) is 5.55. The molecule has 2 heterocycles. The van der Waals surface area contributed by atoms with Crippen molar-refractivity contribution in [2.75, 3.05) is 6.61 Å². The normalized spacial score (nSPS) is 11.0. The van der Waals surface area contributed by atoms with Gasteiger partial charge in [-0.15, -0.1) is 10.2 Å². The molecule has 0 spiro atoms. The van der Waals surface area contributed by atoms with Gasteiger partial charge in [0.15, 0.2) is 16.8 Å². The topological polar surface area (TPSA) is 78.9 Å². The van der Waals surface area contributed by atoms with E-state index < -0.39 is 0 Å². The third-order valence-electron chi connectivity index (χ3n) is 4.31. The fourth-order valence-electron chi connectivity index (χ4n) is 2.89. The quantitative estimate of drug-likeness (QED) is 0.346. The number of halogens is 1. The van der Waals surface area contributed by atoms with Crippen LogP contribution in [0.4, 0.5) is 0 Å². The Morgan fingerprint density at radius 1 is 1.07 bits per heavy atom. The monoisotopic (exact) mass is 441 g/mol. The van der Waals surface area contributed by atoms with E-state index in [1.165, 1.54) is 11.8 Å². The first kappa shape index (κ1) is 20.4. The van der Waals surface area contributed by atoms with Crippen LogP contribution in [0, 0.1) is 0 Å². The highest BCUT2D eigenvalue weighted by atomic mass is 35.5. The van der Waals surface area contributed by atoms with E-state index in [-0.39, 0.29) is 0 Å². The van der Waals surface area contributed by atoms with Crippen LogP contribution in [-0.2, 0) is 12.2 Å². The molecule has 7 nitrogen and oxygen atoms in total. The van der Waals surface area contributed by atoms with Gasteiger partial charge in [0.2, 0.25) is 5.89 Å². The van der Waals surface area contributed by atoms with E-state index in [2.05, 4.69) is 20.3 Å². The molecule has 0 amide bonds. The van der Waals surface area contributed by atoms with E-state index in [1.807, 2.05) is 66.9 Å².